The van der Waals surface area contributed by atoms with Crippen molar-refractivity contribution in [1.82, 2.24) is 5.32 Å². The van der Waals surface area contributed by atoms with Crippen LogP contribution in [0.4, 0.5) is 5.69 Å². The van der Waals surface area contributed by atoms with Crippen LogP contribution in [-0.2, 0) is 0 Å². The number of fused-ring (bicyclic) bond motifs is 2. The summed E-state index contributed by atoms with van der Waals surface area (Å²) in [5, 5.41) is 7.49. The van der Waals surface area contributed by atoms with Crippen LogP contribution in [0.1, 0.15) is 45.6 Å². The molecule has 9 aromatic carbocycles. The third kappa shape index (κ3) is 8.17. The molecular formula is C63H47N5. The Balaban J connectivity index is 1.07. The summed E-state index contributed by atoms with van der Waals surface area (Å²) in [7, 11) is 0. The van der Waals surface area contributed by atoms with Gasteiger partial charge in [0.05, 0.1) is 0 Å². The topological polar surface area (TPSA) is 74.8 Å². The van der Waals surface area contributed by atoms with Crippen LogP contribution in [0.25, 0.3) is 78.9 Å². The summed E-state index contributed by atoms with van der Waals surface area (Å²) < 4.78 is 0. The van der Waals surface area contributed by atoms with E-state index in [1.54, 1.807) is 0 Å². The fourth-order valence-electron chi connectivity index (χ4n) is 9.64. The maximum Gasteiger partial charge on any atom is 0.159 e. The molecule has 3 aliphatic rings. The van der Waals surface area contributed by atoms with Crippen molar-refractivity contribution in [2.75, 3.05) is 11.9 Å². The first kappa shape index (κ1) is 40.8. The molecule has 68 heavy (non-hydrogen) atoms. The maximum absolute atomic E-state index is 6.62. The van der Waals surface area contributed by atoms with Crippen molar-refractivity contribution in [3.05, 3.63) is 258 Å². The number of benzene rings is 9. The van der Waals surface area contributed by atoms with E-state index in [0.717, 1.165) is 113 Å². The number of nitrogens with two attached hydrogens (primary N) is 1. The fraction of sp³-hybridized carbons (Fsp3) is 0.0476. The number of hydrogen-bond acceptors (Lipinski definition) is 5. The maximum atomic E-state index is 6.62. The lowest BCUT2D eigenvalue weighted by molar-refractivity contribution is 0.675. The first-order chi connectivity index (χ1) is 33.5. The van der Waals surface area contributed by atoms with Gasteiger partial charge in [-0.15, -0.1) is 0 Å². The molecule has 2 aliphatic heterocycles. The van der Waals surface area contributed by atoms with E-state index in [2.05, 4.69) is 247 Å². The summed E-state index contributed by atoms with van der Waals surface area (Å²) in [6, 6.07) is 75.9. The molecule has 2 heterocycles. The highest BCUT2D eigenvalue weighted by Crippen LogP contribution is 2.38. The molecule has 0 saturated carbocycles. The third-order valence-electron chi connectivity index (χ3n) is 13.2. The van der Waals surface area contributed by atoms with Crippen molar-refractivity contribution in [3.8, 4) is 66.8 Å². The van der Waals surface area contributed by atoms with Crippen LogP contribution in [-0.4, -0.2) is 18.2 Å². The van der Waals surface area contributed by atoms with Crippen LogP contribution >= 0.6 is 0 Å². The van der Waals surface area contributed by atoms with E-state index < -0.39 is 6.17 Å². The smallest absolute Gasteiger partial charge is 0.159 e. The highest BCUT2D eigenvalue weighted by molar-refractivity contribution is 6.14. The minimum absolute atomic E-state index is 0.142. The predicted molar refractivity (Wildman–Crippen MR) is 284 cm³/mol. The number of anilines is 1. The monoisotopic (exact) mass is 873 g/mol. The number of aliphatic imine (C=N–C) groups is 2. The Morgan fingerprint density at radius 3 is 1.44 bits per heavy atom. The lowest BCUT2D eigenvalue weighted by Gasteiger charge is -2.26. The van der Waals surface area contributed by atoms with Gasteiger partial charge < -0.3 is 16.4 Å². The lowest BCUT2D eigenvalue weighted by Crippen LogP contribution is -2.33. The summed E-state index contributed by atoms with van der Waals surface area (Å²) in [6.45, 7) is 0.796. The molecule has 1 aliphatic carbocycles. The number of hydrogen-bond donors (Lipinski definition) is 3. The number of amidine groups is 2. The normalized spacial score (nSPS) is 15.7. The Labute approximate surface area is 397 Å². The highest BCUT2D eigenvalue weighted by atomic mass is 15.2. The van der Waals surface area contributed by atoms with Gasteiger partial charge in [-0.3, -0.25) is 0 Å². The van der Waals surface area contributed by atoms with Gasteiger partial charge in [0.2, 0.25) is 0 Å². The fourth-order valence-corrected chi connectivity index (χ4v) is 9.64. The largest absolute Gasteiger partial charge is 0.381 e. The molecule has 12 rings (SSSR count). The number of nitrogens with zero attached hydrogens (tertiary/aromatic N) is 2. The van der Waals surface area contributed by atoms with Gasteiger partial charge in [-0.05, 0) is 156 Å². The van der Waals surface area contributed by atoms with Crippen molar-refractivity contribution < 1.29 is 0 Å². The minimum Gasteiger partial charge on any atom is -0.381 e. The summed E-state index contributed by atoms with van der Waals surface area (Å²) >= 11 is 0. The van der Waals surface area contributed by atoms with Crippen molar-refractivity contribution >= 4 is 29.5 Å². The number of rotatable bonds is 9. The molecule has 0 fully saturated rings. The van der Waals surface area contributed by atoms with Gasteiger partial charge in [-0.2, -0.15) is 0 Å². The molecule has 2 atom stereocenters. The molecule has 0 bridgehead atoms. The molecule has 5 nitrogen and oxygen atoms in total. The van der Waals surface area contributed by atoms with Crippen LogP contribution in [0.15, 0.2) is 234 Å². The van der Waals surface area contributed by atoms with E-state index in [1.807, 2.05) is 0 Å². The molecular weight excluding hydrogens is 827 g/mol. The zero-order chi connectivity index (χ0) is 45.4. The van der Waals surface area contributed by atoms with Crippen molar-refractivity contribution in [1.29, 1.82) is 0 Å². The first-order valence-corrected chi connectivity index (χ1v) is 23.3. The molecule has 5 heteroatoms. The van der Waals surface area contributed by atoms with E-state index in [1.165, 1.54) is 5.56 Å². The van der Waals surface area contributed by atoms with E-state index in [0.29, 0.717) is 5.84 Å². The average Bonchev–Trinajstić information content (AvgIpc) is 3.80. The van der Waals surface area contributed by atoms with Crippen LogP contribution in [0, 0.1) is 0 Å². The van der Waals surface area contributed by atoms with Gasteiger partial charge in [0.25, 0.3) is 0 Å². The van der Waals surface area contributed by atoms with Gasteiger partial charge in [0.15, 0.2) is 5.84 Å². The Kier molecular flexibility index (Phi) is 10.6. The molecule has 9 aromatic rings. The van der Waals surface area contributed by atoms with Crippen molar-refractivity contribution in [2.45, 2.75) is 12.2 Å². The second kappa shape index (κ2) is 17.6. The zero-order valence-corrected chi connectivity index (χ0v) is 37.4. The average molecular weight is 874 g/mol. The Bertz CT molecular complexity index is 3370. The first-order valence-electron chi connectivity index (χ1n) is 23.3. The van der Waals surface area contributed by atoms with E-state index in [-0.39, 0.29) is 6.04 Å². The molecule has 0 amide bonds. The second-order valence-corrected chi connectivity index (χ2v) is 17.7. The summed E-state index contributed by atoms with van der Waals surface area (Å²) in [5.74, 6) is 1.38. The van der Waals surface area contributed by atoms with Crippen molar-refractivity contribution in [3.63, 3.8) is 0 Å². The van der Waals surface area contributed by atoms with Crippen LogP contribution in [0.2, 0.25) is 0 Å². The zero-order valence-electron chi connectivity index (χ0n) is 37.4. The van der Waals surface area contributed by atoms with Gasteiger partial charge in [-0.25, -0.2) is 9.98 Å². The molecule has 0 spiro atoms. The molecule has 0 aromatic heterocycles. The molecule has 0 saturated heterocycles. The lowest BCUT2D eigenvalue weighted by atomic mass is 9.92. The number of nitrogens with one attached hydrogen (secondary N) is 2. The van der Waals surface area contributed by atoms with Crippen LogP contribution in [0.5, 0.6) is 0 Å². The summed E-state index contributed by atoms with van der Waals surface area (Å²) in [5.41, 5.74) is 27.4. The molecule has 0 radical (unpaired) electrons. The van der Waals surface area contributed by atoms with Gasteiger partial charge >= 0.3 is 0 Å². The summed E-state index contributed by atoms with van der Waals surface area (Å²) in [4.78, 5) is 11.1. The van der Waals surface area contributed by atoms with Gasteiger partial charge in [-0.1, -0.05) is 170 Å². The van der Waals surface area contributed by atoms with Gasteiger partial charge in [0, 0.05) is 29.4 Å². The third-order valence-corrected chi connectivity index (χ3v) is 13.2. The molecule has 1 unspecified atom stereocenters. The van der Waals surface area contributed by atoms with Crippen LogP contribution in [0.3, 0.4) is 0 Å². The van der Waals surface area contributed by atoms with E-state index in [4.69, 9.17) is 15.7 Å². The summed E-state index contributed by atoms with van der Waals surface area (Å²) in [6.07, 6.45) is 8.05. The Morgan fingerprint density at radius 1 is 0.412 bits per heavy atom. The highest BCUT2D eigenvalue weighted by Gasteiger charge is 2.25. The van der Waals surface area contributed by atoms with Gasteiger partial charge in [0.1, 0.15) is 12.0 Å². The predicted octanol–water partition coefficient (Wildman–Crippen LogP) is 14.6. The second-order valence-electron chi connectivity index (χ2n) is 17.7. The quantitative estimate of drug-likeness (QED) is 0.135. The molecule has 4 N–H and O–H groups in total. The van der Waals surface area contributed by atoms with Crippen LogP contribution < -0.4 is 16.4 Å². The Morgan fingerprint density at radius 2 is 0.882 bits per heavy atom. The van der Waals surface area contributed by atoms with E-state index in [9.17, 15) is 0 Å². The Hall–Kier alpha value is -8.64. The SMILES string of the molecule is N[C@H]1C=Cc2ccc(-c3cc(C4=NC(c5cc(-c6ccccc6)cc(-c6ccccc6)c5)=NC(c5cc(-c6ccccc6)cc(-c6ccccc6)c5)N4)cc(-c4ccc5c(c4)NCC=C5)c3)cc21. The standard InChI is InChI=1S/C63H47N5/c64-59-28-27-45-23-25-47(39-58(45)59)53-32-54(48-26-24-46-22-13-29-65-60(46)40-48)38-57(37-53)63-67-61(55-33-49(41-14-5-1-6-15-41)30-50(34-55)42-16-7-2-8-17-42)66-62(68-63)56-35-51(43-18-9-3-10-19-43)31-52(36-56)44-20-11-4-12-21-44/h1-28,30-40,59,61,65H,29,64H2,(H,66,67,68)/t59-,61?/m0/s1. The van der Waals surface area contributed by atoms with Crippen molar-refractivity contribution in [2.24, 2.45) is 15.7 Å². The van der Waals surface area contributed by atoms with E-state index >= 15 is 0 Å². The minimum atomic E-state index is -0.486. The molecule has 324 valence electrons.